The lowest BCUT2D eigenvalue weighted by Crippen LogP contribution is -2.35. The SMILES string of the molecule is CCN(C(=O)C1CCCC1)c1cccc(N)c1. The first kappa shape index (κ1) is 12.0. The Hall–Kier alpha value is -1.51. The average Bonchev–Trinajstić information content (AvgIpc) is 2.83. The number of nitrogens with two attached hydrogens (primary N) is 1. The van der Waals surface area contributed by atoms with Crippen molar-refractivity contribution in [3.8, 4) is 0 Å². The summed E-state index contributed by atoms with van der Waals surface area (Å²) in [5.74, 6) is 0.479. The van der Waals surface area contributed by atoms with Crippen molar-refractivity contribution in [3.05, 3.63) is 24.3 Å². The molecule has 1 saturated carbocycles. The van der Waals surface area contributed by atoms with Crippen LogP contribution in [0.5, 0.6) is 0 Å². The van der Waals surface area contributed by atoms with Crippen molar-refractivity contribution >= 4 is 17.3 Å². The van der Waals surface area contributed by atoms with E-state index in [4.69, 9.17) is 5.73 Å². The van der Waals surface area contributed by atoms with Gasteiger partial charge in [-0.2, -0.15) is 0 Å². The lowest BCUT2D eigenvalue weighted by Gasteiger charge is -2.24. The summed E-state index contributed by atoms with van der Waals surface area (Å²) in [5, 5.41) is 0. The largest absolute Gasteiger partial charge is 0.399 e. The number of carbonyl (C=O) groups excluding carboxylic acids is 1. The number of carbonyl (C=O) groups is 1. The molecular weight excluding hydrogens is 212 g/mol. The zero-order valence-corrected chi connectivity index (χ0v) is 10.4. The summed E-state index contributed by atoms with van der Waals surface area (Å²) in [6.45, 7) is 2.72. The van der Waals surface area contributed by atoms with Gasteiger partial charge in [-0.05, 0) is 38.0 Å². The van der Waals surface area contributed by atoms with Gasteiger partial charge in [-0.25, -0.2) is 0 Å². The molecule has 17 heavy (non-hydrogen) atoms. The van der Waals surface area contributed by atoms with E-state index in [1.807, 2.05) is 36.1 Å². The zero-order valence-electron chi connectivity index (χ0n) is 10.4. The van der Waals surface area contributed by atoms with E-state index in [0.29, 0.717) is 12.2 Å². The number of anilines is 2. The number of rotatable bonds is 3. The van der Waals surface area contributed by atoms with E-state index < -0.39 is 0 Å². The minimum Gasteiger partial charge on any atom is -0.399 e. The Morgan fingerprint density at radius 1 is 1.41 bits per heavy atom. The fraction of sp³-hybridized carbons (Fsp3) is 0.500. The van der Waals surface area contributed by atoms with Gasteiger partial charge >= 0.3 is 0 Å². The van der Waals surface area contributed by atoms with E-state index in [0.717, 1.165) is 18.5 Å². The zero-order chi connectivity index (χ0) is 12.3. The van der Waals surface area contributed by atoms with Crippen LogP contribution in [0.4, 0.5) is 11.4 Å². The normalized spacial score (nSPS) is 16.1. The molecule has 3 heteroatoms. The minimum atomic E-state index is 0.219. The molecule has 92 valence electrons. The number of amides is 1. The summed E-state index contributed by atoms with van der Waals surface area (Å²) in [6.07, 6.45) is 4.45. The minimum absolute atomic E-state index is 0.219. The maximum atomic E-state index is 12.4. The third-order valence-electron chi connectivity index (χ3n) is 3.47. The van der Waals surface area contributed by atoms with Crippen LogP contribution >= 0.6 is 0 Å². The Morgan fingerprint density at radius 2 is 2.12 bits per heavy atom. The van der Waals surface area contributed by atoms with Crippen molar-refractivity contribution in [3.63, 3.8) is 0 Å². The predicted octanol–water partition coefficient (Wildman–Crippen LogP) is 2.81. The van der Waals surface area contributed by atoms with Crippen molar-refractivity contribution in [1.82, 2.24) is 0 Å². The van der Waals surface area contributed by atoms with Gasteiger partial charge in [-0.1, -0.05) is 18.9 Å². The molecular formula is C14H20N2O. The lowest BCUT2D eigenvalue weighted by molar-refractivity contribution is -0.122. The summed E-state index contributed by atoms with van der Waals surface area (Å²) in [4.78, 5) is 14.2. The molecule has 1 aromatic carbocycles. The van der Waals surface area contributed by atoms with Gasteiger partial charge in [0.15, 0.2) is 0 Å². The maximum Gasteiger partial charge on any atom is 0.230 e. The van der Waals surface area contributed by atoms with Crippen LogP contribution < -0.4 is 10.6 Å². The molecule has 2 rings (SSSR count). The fourth-order valence-corrected chi connectivity index (χ4v) is 2.55. The monoisotopic (exact) mass is 232 g/mol. The van der Waals surface area contributed by atoms with Crippen molar-refractivity contribution in [2.75, 3.05) is 17.2 Å². The Balaban J connectivity index is 2.17. The molecule has 0 saturated heterocycles. The molecule has 0 atom stereocenters. The third kappa shape index (κ3) is 2.60. The molecule has 0 bridgehead atoms. The van der Waals surface area contributed by atoms with E-state index in [2.05, 4.69) is 0 Å². The highest BCUT2D eigenvalue weighted by molar-refractivity contribution is 5.95. The van der Waals surface area contributed by atoms with Gasteiger partial charge in [0.25, 0.3) is 0 Å². The number of nitrogens with zero attached hydrogens (tertiary/aromatic N) is 1. The summed E-state index contributed by atoms with van der Waals surface area (Å²) in [7, 11) is 0. The topological polar surface area (TPSA) is 46.3 Å². The highest BCUT2D eigenvalue weighted by atomic mass is 16.2. The summed E-state index contributed by atoms with van der Waals surface area (Å²) >= 11 is 0. The van der Waals surface area contributed by atoms with Crippen LogP contribution in [0.15, 0.2) is 24.3 Å². The second-order valence-corrected chi connectivity index (χ2v) is 4.66. The summed E-state index contributed by atoms with van der Waals surface area (Å²) < 4.78 is 0. The first-order valence-corrected chi connectivity index (χ1v) is 6.39. The quantitative estimate of drug-likeness (QED) is 0.814. The van der Waals surface area contributed by atoms with Crippen molar-refractivity contribution in [2.24, 2.45) is 5.92 Å². The van der Waals surface area contributed by atoms with E-state index in [1.54, 1.807) is 0 Å². The van der Waals surface area contributed by atoms with Crippen LogP contribution in [0.1, 0.15) is 32.6 Å². The molecule has 2 N–H and O–H groups in total. The van der Waals surface area contributed by atoms with Crippen LogP contribution in [0, 0.1) is 5.92 Å². The number of hydrogen-bond donors (Lipinski definition) is 1. The van der Waals surface area contributed by atoms with E-state index in [9.17, 15) is 4.79 Å². The third-order valence-corrected chi connectivity index (χ3v) is 3.47. The molecule has 3 nitrogen and oxygen atoms in total. The van der Waals surface area contributed by atoms with Gasteiger partial charge in [0.2, 0.25) is 5.91 Å². The molecule has 0 aliphatic heterocycles. The molecule has 1 aromatic rings. The number of hydrogen-bond acceptors (Lipinski definition) is 2. The molecule has 0 spiro atoms. The predicted molar refractivity (Wildman–Crippen MR) is 70.8 cm³/mol. The Kier molecular flexibility index (Phi) is 3.67. The Morgan fingerprint density at radius 3 is 2.71 bits per heavy atom. The molecule has 1 fully saturated rings. The molecule has 1 amide bonds. The summed E-state index contributed by atoms with van der Waals surface area (Å²) in [5.41, 5.74) is 7.40. The lowest BCUT2D eigenvalue weighted by atomic mass is 10.1. The van der Waals surface area contributed by atoms with E-state index in [-0.39, 0.29) is 11.8 Å². The number of nitrogen functional groups attached to an aromatic ring is 1. The molecule has 1 aliphatic carbocycles. The molecule has 0 aromatic heterocycles. The Bertz CT molecular complexity index is 397. The van der Waals surface area contributed by atoms with Gasteiger partial charge < -0.3 is 10.6 Å². The van der Waals surface area contributed by atoms with Gasteiger partial charge in [0.1, 0.15) is 0 Å². The van der Waals surface area contributed by atoms with E-state index >= 15 is 0 Å². The van der Waals surface area contributed by atoms with Gasteiger partial charge in [0.05, 0.1) is 0 Å². The van der Waals surface area contributed by atoms with Gasteiger partial charge in [-0.15, -0.1) is 0 Å². The van der Waals surface area contributed by atoms with Crippen molar-refractivity contribution in [2.45, 2.75) is 32.6 Å². The van der Waals surface area contributed by atoms with Crippen LogP contribution in [0.3, 0.4) is 0 Å². The molecule has 0 unspecified atom stereocenters. The fourth-order valence-electron chi connectivity index (χ4n) is 2.55. The molecule has 0 radical (unpaired) electrons. The van der Waals surface area contributed by atoms with Crippen molar-refractivity contribution in [1.29, 1.82) is 0 Å². The van der Waals surface area contributed by atoms with Crippen molar-refractivity contribution < 1.29 is 4.79 Å². The average molecular weight is 232 g/mol. The second-order valence-electron chi connectivity index (χ2n) is 4.66. The second kappa shape index (κ2) is 5.21. The van der Waals surface area contributed by atoms with Crippen LogP contribution in [-0.4, -0.2) is 12.5 Å². The summed E-state index contributed by atoms with van der Waals surface area (Å²) in [6, 6.07) is 7.57. The highest BCUT2D eigenvalue weighted by Gasteiger charge is 2.27. The van der Waals surface area contributed by atoms with Gasteiger partial charge in [-0.3, -0.25) is 4.79 Å². The number of benzene rings is 1. The first-order chi connectivity index (χ1) is 8.22. The molecule has 0 heterocycles. The van der Waals surface area contributed by atoms with Crippen LogP contribution in [0.25, 0.3) is 0 Å². The van der Waals surface area contributed by atoms with Crippen LogP contribution in [0.2, 0.25) is 0 Å². The Labute approximate surface area is 103 Å². The standard InChI is InChI=1S/C14H20N2O/c1-2-16(13-9-5-8-12(15)10-13)14(17)11-6-3-4-7-11/h5,8-11H,2-4,6-7,15H2,1H3. The first-order valence-electron chi connectivity index (χ1n) is 6.39. The van der Waals surface area contributed by atoms with Crippen LogP contribution in [-0.2, 0) is 4.79 Å². The maximum absolute atomic E-state index is 12.4. The van der Waals surface area contributed by atoms with E-state index in [1.165, 1.54) is 12.8 Å². The smallest absolute Gasteiger partial charge is 0.230 e. The highest BCUT2D eigenvalue weighted by Crippen LogP contribution is 2.29. The van der Waals surface area contributed by atoms with Gasteiger partial charge in [0, 0.05) is 23.8 Å². The molecule has 1 aliphatic rings.